The maximum atomic E-state index is 10.6. The third-order valence-electron chi connectivity index (χ3n) is 2.04. The molecule has 5 heteroatoms. The monoisotopic (exact) mass is 183 g/mol. The van der Waals surface area contributed by atoms with Gasteiger partial charge >= 0.3 is 5.97 Å². The molecule has 0 amide bonds. The molecule has 1 aromatic rings. The quantitative estimate of drug-likeness (QED) is 0.706. The van der Waals surface area contributed by atoms with E-state index < -0.39 is 12.0 Å². The van der Waals surface area contributed by atoms with Gasteiger partial charge in [0.05, 0.1) is 6.20 Å². The number of aryl methyl sites for hydroxylation is 1. The molecule has 1 rings (SSSR count). The average Bonchev–Trinajstić information content (AvgIpc) is 2.45. The summed E-state index contributed by atoms with van der Waals surface area (Å²) in [6, 6.07) is -0.972. The number of nitrogens with zero attached hydrogens (tertiary/aromatic N) is 2. The van der Waals surface area contributed by atoms with Crippen molar-refractivity contribution in [1.29, 1.82) is 0 Å². The van der Waals surface area contributed by atoms with Gasteiger partial charge in [-0.05, 0) is 13.8 Å². The molecule has 0 fully saturated rings. The molecule has 0 saturated heterocycles. The molecule has 5 nitrogen and oxygen atoms in total. The molecule has 0 bridgehead atoms. The van der Waals surface area contributed by atoms with Crippen molar-refractivity contribution >= 4 is 5.97 Å². The van der Waals surface area contributed by atoms with Gasteiger partial charge in [0, 0.05) is 17.8 Å². The standard InChI is InChI=1S/C8H13N3O2/c1-3-11-5(2)6(4-10-11)7(9)8(12)13/h4,7H,3,9H2,1-2H3,(H,12,13). The van der Waals surface area contributed by atoms with Crippen LogP contribution in [-0.2, 0) is 11.3 Å². The van der Waals surface area contributed by atoms with E-state index in [4.69, 9.17) is 10.8 Å². The highest BCUT2D eigenvalue weighted by Crippen LogP contribution is 2.14. The highest BCUT2D eigenvalue weighted by atomic mass is 16.4. The van der Waals surface area contributed by atoms with E-state index in [1.54, 1.807) is 4.68 Å². The summed E-state index contributed by atoms with van der Waals surface area (Å²) in [6.07, 6.45) is 1.51. The summed E-state index contributed by atoms with van der Waals surface area (Å²) in [5, 5.41) is 12.7. The Morgan fingerprint density at radius 1 is 1.85 bits per heavy atom. The molecule has 0 aliphatic carbocycles. The number of carboxylic acids is 1. The van der Waals surface area contributed by atoms with Crippen molar-refractivity contribution < 1.29 is 9.90 Å². The van der Waals surface area contributed by atoms with Crippen LogP contribution in [-0.4, -0.2) is 20.9 Å². The summed E-state index contributed by atoms with van der Waals surface area (Å²) in [4.78, 5) is 10.6. The normalized spacial score (nSPS) is 12.8. The van der Waals surface area contributed by atoms with Gasteiger partial charge in [0.2, 0.25) is 0 Å². The number of hydrogen-bond acceptors (Lipinski definition) is 3. The lowest BCUT2D eigenvalue weighted by molar-refractivity contribution is -0.138. The molecule has 0 aliphatic rings. The van der Waals surface area contributed by atoms with Gasteiger partial charge in [-0.2, -0.15) is 5.10 Å². The second-order valence-electron chi connectivity index (χ2n) is 2.82. The van der Waals surface area contributed by atoms with E-state index in [-0.39, 0.29) is 0 Å². The molecular formula is C8H13N3O2. The largest absolute Gasteiger partial charge is 0.480 e. The van der Waals surface area contributed by atoms with Gasteiger partial charge in [0.15, 0.2) is 0 Å². The molecule has 0 aromatic carbocycles. The molecule has 1 unspecified atom stereocenters. The Morgan fingerprint density at radius 3 is 2.85 bits per heavy atom. The molecule has 13 heavy (non-hydrogen) atoms. The molecule has 1 atom stereocenters. The SMILES string of the molecule is CCn1ncc(C(N)C(=O)O)c1C. The van der Waals surface area contributed by atoms with Gasteiger partial charge in [0.25, 0.3) is 0 Å². The van der Waals surface area contributed by atoms with Crippen LogP contribution in [0.4, 0.5) is 0 Å². The van der Waals surface area contributed by atoms with E-state index >= 15 is 0 Å². The summed E-state index contributed by atoms with van der Waals surface area (Å²) in [5.41, 5.74) is 6.85. The Morgan fingerprint density at radius 2 is 2.46 bits per heavy atom. The Bertz CT molecular complexity index is 319. The van der Waals surface area contributed by atoms with Crippen LogP contribution in [0.3, 0.4) is 0 Å². The van der Waals surface area contributed by atoms with E-state index in [0.29, 0.717) is 5.56 Å². The van der Waals surface area contributed by atoms with E-state index in [2.05, 4.69) is 5.10 Å². The maximum Gasteiger partial charge on any atom is 0.325 e. The summed E-state index contributed by atoms with van der Waals surface area (Å²) >= 11 is 0. The summed E-state index contributed by atoms with van der Waals surface area (Å²) in [7, 11) is 0. The highest BCUT2D eigenvalue weighted by Gasteiger charge is 2.19. The van der Waals surface area contributed by atoms with Gasteiger partial charge in [-0.15, -0.1) is 0 Å². The summed E-state index contributed by atoms with van der Waals surface area (Å²) < 4.78 is 1.72. The minimum absolute atomic E-state index is 0.578. The molecule has 1 heterocycles. The predicted octanol–water partition coefficient (Wildman–Crippen LogP) is 0.296. The van der Waals surface area contributed by atoms with Crippen molar-refractivity contribution in [3.05, 3.63) is 17.5 Å². The third-order valence-corrected chi connectivity index (χ3v) is 2.04. The first kappa shape index (κ1) is 9.73. The van der Waals surface area contributed by atoms with Crippen LogP contribution in [0.2, 0.25) is 0 Å². The molecule has 0 aliphatic heterocycles. The summed E-state index contributed by atoms with van der Waals surface area (Å²) in [6.45, 7) is 4.48. The number of carboxylic acid groups (broad SMARTS) is 1. The minimum atomic E-state index is -1.03. The van der Waals surface area contributed by atoms with Crippen LogP contribution >= 0.6 is 0 Å². The van der Waals surface area contributed by atoms with Gasteiger partial charge < -0.3 is 10.8 Å². The number of hydrogen-bond donors (Lipinski definition) is 2. The lowest BCUT2D eigenvalue weighted by atomic mass is 10.1. The van der Waals surface area contributed by atoms with Crippen LogP contribution in [0.25, 0.3) is 0 Å². The molecule has 0 saturated carbocycles. The fourth-order valence-electron chi connectivity index (χ4n) is 1.22. The molecule has 3 N–H and O–H groups in total. The number of aliphatic carboxylic acids is 1. The van der Waals surface area contributed by atoms with E-state index in [9.17, 15) is 4.79 Å². The van der Waals surface area contributed by atoms with E-state index in [1.165, 1.54) is 6.20 Å². The average molecular weight is 183 g/mol. The first-order valence-corrected chi connectivity index (χ1v) is 4.08. The Balaban J connectivity index is 3.02. The van der Waals surface area contributed by atoms with Crippen LogP contribution in [0.1, 0.15) is 24.2 Å². The summed E-state index contributed by atoms with van der Waals surface area (Å²) in [5.74, 6) is -1.03. The number of carbonyl (C=O) groups is 1. The number of nitrogens with two attached hydrogens (primary N) is 1. The number of aromatic nitrogens is 2. The second-order valence-corrected chi connectivity index (χ2v) is 2.82. The Labute approximate surface area is 76.2 Å². The first-order chi connectivity index (χ1) is 6.07. The molecule has 72 valence electrons. The van der Waals surface area contributed by atoms with Gasteiger partial charge in [-0.1, -0.05) is 0 Å². The van der Waals surface area contributed by atoms with Crippen LogP contribution in [0.5, 0.6) is 0 Å². The van der Waals surface area contributed by atoms with Crippen molar-refractivity contribution in [3.63, 3.8) is 0 Å². The molecule has 0 radical (unpaired) electrons. The molecular weight excluding hydrogens is 170 g/mol. The van der Waals surface area contributed by atoms with Crippen molar-refractivity contribution in [3.8, 4) is 0 Å². The molecule has 0 spiro atoms. The topological polar surface area (TPSA) is 81.1 Å². The van der Waals surface area contributed by atoms with Gasteiger partial charge in [0.1, 0.15) is 6.04 Å². The molecule has 1 aromatic heterocycles. The van der Waals surface area contributed by atoms with Crippen molar-refractivity contribution in [1.82, 2.24) is 9.78 Å². The van der Waals surface area contributed by atoms with Crippen molar-refractivity contribution in [2.24, 2.45) is 5.73 Å². The smallest absolute Gasteiger partial charge is 0.325 e. The second kappa shape index (κ2) is 3.57. The Hall–Kier alpha value is -1.36. The van der Waals surface area contributed by atoms with Gasteiger partial charge in [-0.25, -0.2) is 0 Å². The fraction of sp³-hybridized carbons (Fsp3) is 0.500. The van der Waals surface area contributed by atoms with Crippen molar-refractivity contribution in [2.75, 3.05) is 0 Å². The predicted molar refractivity (Wildman–Crippen MR) is 47.2 cm³/mol. The fourth-order valence-corrected chi connectivity index (χ4v) is 1.22. The zero-order valence-electron chi connectivity index (χ0n) is 7.69. The Kier molecular flexibility index (Phi) is 2.67. The maximum absolute atomic E-state index is 10.6. The van der Waals surface area contributed by atoms with E-state index in [1.807, 2.05) is 13.8 Å². The van der Waals surface area contributed by atoms with Crippen LogP contribution in [0, 0.1) is 6.92 Å². The lowest BCUT2D eigenvalue weighted by Gasteiger charge is -2.05. The van der Waals surface area contributed by atoms with Crippen LogP contribution in [0.15, 0.2) is 6.20 Å². The van der Waals surface area contributed by atoms with Gasteiger partial charge in [-0.3, -0.25) is 9.48 Å². The zero-order chi connectivity index (χ0) is 10.0. The lowest BCUT2D eigenvalue weighted by Crippen LogP contribution is -2.21. The minimum Gasteiger partial charge on any atom is -0.480 e. The third kappa shape index (κ3) is 1.70. The van der Waals surface area contributed by atoms with Crippen molar-refractivity contribution in [2.45, 2.75) is 26.4 Å². The van der Waals surface area contributed by atoms with Crippen LogP contribution < -0.4 is 5.73 Å². The first-order valence-electron chi connectivity index (χ1n) is 4.08. The highest BCUT2D eigenvalue weighted by molar-refractivity contribution is 5.75. The van der Waals surface area contributed by atoms with E-state index in [0.717, 1.165) is 12.2 Å². The zero-order valence-corrected chi connectivity index (χ0v) is 7.69. The number of rotatable bonds is 3.